The predicted molar refractivity (Wildman–Crippen MR) is 113 cm³/mol. The largest absolute Gasteiger partial charge is 0.460 e. The van der Waals surface area contributed by atoms with Crippen LogP contribution in [0.2, 0.25) is 0 Å². The first-order valence-corrected chi connectivity index (χ1v) is 10.2. The van der Waals surface area contributed by atoms with Crippen LogP contribution in [0, 0.1) is 0 Å². The molecule has 0 amide bonds. The first kappa shape index (κ1) is 18.9. The zero-order chi connectivity index (χ0) is 19.9. The van der Waals surface area contributed by atoms with Crippen molar-refractivity contribution in [1.82, 2.24) is 9.55 Å². The summed E-state index contributed by atoms with van der Waals surface area (Å²) in [5.74, 6) is 0.748. The second-order valence-corrected chi connectivity index (χ2v) is 9.04. The molecule has 4 rings (SSSR count). The van der Waals surface area contributed by atoms with Crippen LogP contribution in [0.15, 0.2) is 65.4 Å². The second-order valence-electron chi connectivity index (χ2n) is 8.12. The molecule has 0 saturated carbocycles. The van der Waals surface area contributed by atoms with Crippen molar-refractivity contribution in [2.75, 3.05) is 0 Å². The SMILES string of the molecule is CC(C)(C)OC(=O)CC[C@]1(c2ccc(Br)cc2)c2ccccc2-c2nccn21. The summed E-state index contributed by atoms with van der Waals surface area (Å²) in [4.78, 5) is 17.2. The molecule has 1 aliphatic heterocycles. The fraction of sp³-hybridized carbons (Fsp3) is 0.304. The summed E-state index contributed by atoms with van der Waals surface area (Å²) >= 11 is 3.53. The molecule has 5 heteroatoms. The maximum atomic E-state index is 12.6. The highest BCUT2D eigenvalue weighted by atomic mass is 79.9. The molecule has 144 valence electrons. The van der Waals surface area contributed by atoms with E-state index in [2.05, 4.69) is 49.7 Å². The Balaban J connectivity index is 1.82. The van der Waals surface area contributed by atoms with Crippen LogP contribution in [0.1, 0.15) is 44.7 Å². The van der Waals surface area contributed by atoms with Crippen molar-refractivity contribution < 1.29 is 9.53 Å². The number of hydrogen-bond donors (Lipinski definition) is 0. The summed E-state index contributed by atoms with van der Waals surface area (Å²) in [5.41, 5.74) is 2.43. The minimum atomic E-state index is -0.490. The molecular formula is C23H23BrN2O2. The molecule has 0 aliphatic carbocycles. The molecule has 0 fully saturated rings. The molecule has 2 heterocycles. The van der Waals surface area contributed by atoms with E-state index < -0.39 is 11.1 Å². The molecule has 1 atom stereocenters. The highest BCUT2D eigenvalue weighted by Gasteiger charge is 2.45. The quantitative estimate of drug-likeness (QED) is 0.502. The van der Waals surface area contributed by atoms with Crippen molar-refractivity contribution in [1.29, 1.82) is 0 Å². The lowest BCUT2D eigenvalue weighted by molar-refractivity contribution is -0.155. The summed E-state index contributed by atoms with van der Waals surface area (Å²) in [6.07, 6.45) is 4.75. The fourth-order valence-corrected chi connectivity index (χ4v) is 4.34. The van der Waals surface area contributed by atoms with Gasteiger partial charge in [-0.25, -0.2) is 4.98 Å². The van der Waals surface area contributed by atoms with E-state index in [0.717, 1.165) is 21.4 Å². The number of carbonyl (C=O) groups is 1. The molecule has 0 saturated heterocycles. The third-order valence-corrected chi connectivity index (χ3v) is 5.63. The van der Waals surface area contributed by atoms with Crippen LogP contribution in [-0.4, -0.2) is 21.1 Å². The zero-order valence-corrected chi connectivity index (χ0v) is 17.9. The van der Waals surface area contributed by atoms with Gasteiger partial charge in [0, 0.05) is 28.9 Å². The number of rotatable bonds is 4. The van der Waals surface area contributed by atoms with Gasteiger partial charge < -0.3 is 9.30 Å². The van der Waals surface area contributed by atoms with Crippen molar-refractivity contribution in [2.24, 2.45) is 0 Å². The van der Waals surface area contributed by atoms with Gasteiger partial charge in [0.1, 0.15) is 11.4 Å². The van der Waals surface area contributed by atoms with Crippen molar-refractivity contribution in [2.45, 2.75) is 44.8 Å². The number of imidazole rings is 1. The van der Waals surface area contributed by atoms with Crippen molar-refractivity contribution in [3.63, 3.8) is 0 Å². The van der Waals surface area contributed by atoms with Crippen LogP contribution in [0.5, 0.6) is 0 Å². The highest BCUT2D eigenvalue weighted by molar-refractivity contribution is 9.10. The summed E-state index contributed by atoms with van der Waals surface area (Å²) in [5, 5.41) is 0. The average molecular weight is 439 g/mol. The molecule has 1 aromatic heterocycles. The standard InChI is InChI=1S/C23H23BrN2O2/c1-22(2,3)28-20(27)12-13-23(16-8-10-17(24)11-9-16)19-7-5-4-6-18(19)21-25-14-15-26(21)23/h4-11,14-15H,12-13H2,1-3H3/t23-/m0/s1. The second kappa shape index (κ2) is 6.89. The van der Waals surface area contributed by atoms with E-state index in [0.29, 0.717) is 12.8 Å². The van der Waals surface area contributed by atoms with Gasteiger partial charge in [-0.1, -0.05) is 52.3 Å². The molecule has 0 unspecified atom stereocenters. The number of fused-ring (bicyclic) bond motifs is 3. The minimum absolute atomic E-state index is 0.185. The lowest BCUT2D eigenvalue weighted by atomic mass is 9.79. The monoisotopic (exact) mass is 438 g/mol. The Bertz CT molecular complexity index is 1020. The van der Waals surface area contributed by atoms with E-state index in [1.807, 2.05) is 57.4 Å². The summed E-state index contributed by atoms with van der Waals surface area (Å²) in [6, 6.07) is 16.6. The van der Waals surface area contributed by atoms with Crippen molar-refractivity contribution in [3.8, 4) is 11.4 Å². The molecule has 1 aliphatic rings. The smallest absolute Gasteiger partial charge is 0.306 e. The highest BCUT2D eigenvalue weighted by Crippen LogP contribution is 2.49. The molecule has 0 bridgehead atoms. The molecule has 0 N–H and O–H groups in total. The topological polar surface area (TPSA) is 44.1 Å². The van der Waals surface area contributed by atoms with E-state index in [4.69, 9.17) is 4.74 Å². The molecule has 28 heavy (non-hydrogen) atoms. The number of carbonyl (C=O) groups excluding carboxylic acids is 1. The number of benzene rings is 2. The van der Waals surface area contributed by atoms with Crippen LogP contribution >= 0.6 is 15.9 Å². The number of hydrogen-bond acceptors (Lipinski definition) is 3. The number of esters is 1. The number of ether oxygens (including phenoxy) is 1. The van der Waals surface area contributed by atoms with Crippen LogP contribution in [0.4, 0.5) is 0 Å². The average Bonchev–Trinajstić information content (AvgIpc) is 3.21. The lowest BCUT2D eigenvalue weighted by Crippen LogP contribution is -2.34. The lowest BCUT2D eigenvalue weighted by Gasteiger charge is -2.34. The number of halogens is 1. The predicted octanol–water partition coefficient (Wildman–Crippen LogP) is 5.54. The number of aromatic nitrogens is 2. The summed E-state index contributed by atoms with van der Waals surface area (Å²) in [7, 11) is 0. The van der Waals surface area contributed by atoms with E-state index in [1.165, 1.54) is 5.56 Å². The molecule has 4 nitrogen and oxygen atoms in total. The maximum absolute atomic E-state index is 12.6. The van der Waals surface area contributed by atoms with Crippen molar-refractivity contribution in [3.05, 3.63) is 76.5 Å². The first-order valence-electron chi connectivity index (χ1n) is 9.43. The maximum Gasteiger partial charge on any atom is 0.306 e. The molecule has 2 aromatic carbocycles. The Morgan fingerprint density at radius 2 is 1.86 bits per heavy atom. The molecule has 3 aromatic rings. The van der Waals surface area contributed by atoms with Crippen LogP contribution in [0.25, 0.3) is 11.4 Å². The Labute approximate surface area is 173 Å². The van der Waals surface area contributed by atoms with Gasteiger partial charge >= 0.3 is 5.97 Å². The van der Waals surface area contributed by atoms with Crippen LogP contribution in [0.3, 0.4) is 0 Å². The Hall–Kier alpha value is -2.40. The molecule has 0 radical (unpaired) electrons. The molecular weight excluding hydrogens is 416 g/mol. The fourth-order valence-electron chi connectivity index (χ4n) is 4.07. The van der Waals surface area contributed by atoms with Crippen LogP contribution in [-0.2, 0) is 15.1 Å². The van der Waals surface area contributed by atoms with E-state index in [1.54, 1.807) is 0 Å². The Kier molecular flexibility index (Phi) is 4.66. The van der Waals surface area contributed by atoms with Gasteiger partial charge in [0.05, 0.1) is 5.54 Å². The van der Waals surface area contributed by atoms with Crippen LogP contribution < -0.4 is 0 Å². The Morgan fingerprint density at radius 3 is 2.57 bits per heavy atom. The summed E-state index contributed by atoms with van der Waals surface area (Å²) in [6.45, 7) is 5.69. The van der Waals surface area contributed by atoms with Gasteiger partial charge in [-0.15, -0.1) is 0 Å². The van der Waals surface area contributed by atoms with E-state index >= 15 is 0 Å². The summed E-state index contributed by atoms with van der Waals surface area (Å²) < 4.78 is 8.81. The first-order chi connectivity index (χ1) is 13.3. The van der Waals surface area contributed by atoms with Crippen molar-refractivity contribution >= 4 is 21.9 Å². The van der Waals surface area contributed by atoms with Gasteiger partial charge in [0.15, 0.2) is 0 Å². The van der Waals surface area contributed by atoms with Gasteiger partial charge in [0.25, 0.3) is 0 Å². The zero-order valence-electron chi connectivity index (χ0n) is 16.3. The minimum Gasteiger partial charge on any atom is -0.460 e. The van der Waals surface area contributed by atoms with Gasteiger partial charge in [-0.2, -0.15) is 0 Å². The third-order valence-electron chi connectivity index (χ3n) is 5.10. The molecule has 0 spiro atoms. The third kappa shape index (κ3) is 3.18. The van der Waals surface area contributed by atoms with E-state index in [9.17, 15) is 4.79 Å². The normalized spacial score (nSPS) is 17.9. The Morgan fingerprint density at radius 1 is 1.14 bits per heavy atom. The van der Waals surface area contributed by atoms with Gasteiger partial charge in [0.2, 0.25) is 0 Å². The number of nitrogens with zero attached hydrogens (tertiary/aromatic N) is 2. The van der Waals surface area contributed by atoms with Gasteiger partial charge in [-0.05, 0) is 50.5 Å². The van der Waals surface area contributed by atoms with E-state index in [-0.39, 0.29) is 5.97 Å². The van der Waals surface area contributed by atoms with Gasteiger partial charge in [-0.3, -0.25) is 4.79 Å².